The van der Waals surface area contributed by atoms with E-state index in [1.165, 1.54) is 6.21 Å². The number of amides is 2. The maximum Gasteiger partial charge on any atom is 0.305 e. The molecule has 0 radical (unpaired) electrons. The van der Waals surface area contributed by atoms with Gasteiger partial charge in [-0.3, -0.25) is 14.4 Å². The van der Waals surface area contributed by atoms with Crippen molar-refractivity contribution in [2.24, 2.45) is 10.2 Å². The molecule has 1 fully saturated rings. The maximum absolute atomic E-state index is 12.1. The van der Waals surface area contributed by atoms with Gasteiger partial charge in [-0.05, 0) is 30.3 Å². The number of carbonyl (C=O) groups excluding carboxylic acids is 2. The average molecular weight is 505 g/mol. The van der Waals surface area contributed by atoms with Crippen molar-refractivity contribution < 1.29 is 24.2 Å². The van der Waals surface area contributed by atoms with Crippen LogP contribution in [0.3, 0.4) is 0 Å². The van der Waals surface area contributed by atoms with Gasteiger partial charge in [-0.1, -0.05) is 45.9 Å². The van der Waals surface area contributed by atoms with E-state index in [0.717, 1.165) is 16.2 Å². The molecule has 2 aromatic rings. The zero-order valence-corrected chi connectivity index (χ0v) is 18.4. The van der Waals surface area contributed by atoms with Crippen LogP contribution in [0.1, 0.15) is 12.0 Å². The van der Waals surface area contributed by atoms with Crippen LogP contribution in [0.2, 0.25) is 0 Å². The predicted octanol–water partition coefficient (Wildman–Crippen LogP) is 2.86. The van der Waals surface area contributed by atoms with Crippen molar-refractivity contribution in [2.45, 2.75) is 11.7 Å². The van der Waals surface area contributed by atoms with Crippen LogP contribution in [0.4, 0.5) is 5.69 Å². The van der Waals surface area contributed by atoms with Gasteiger partial charge in [-0.25, -0.2) is 0 Å². The van der Waals surface area contributed by atoms with E-state index in [1.807, 2.05) is 18.2 Å². The number of anilines is 1. The number of hydrogen-bond acceptors (Lipinski definition) is 7. The highest BCUT2D eigenvalue weighted by molar-refractivity contribution is 9.10. The number of nitrogens with zero attached hydrogens (tertiary/aromatic N) is 2. The van der Waals surface area contributed by atoms with Crippen LogP contribution in [0.25, 0.3) is 0 Å². The third-order valence-corrected chi connectivity index (χ3v) is 5.44. The Labute approximate surface area is 190 Å². The monoisotopic (exact) mass is 504 g/mol. The van der Waals surface area contributed by atoms with Gasteiger partial charge in [-0.15, -0.1) is 5.10 Å². The van der Waals surface area contributed by atoms with Crippen LogP contribution < -0.4 is 15.4 Å². The Morgan fingerprint density at radius 3 is 2.77 bits per heavy atom. The number of carbonyl (C=O) groups is 3. The quantitative estimate of drug-likeness (QED) is 0.374. The Hall–Kier alpha value is -3.18. The largest absolute Gasteiger partial charge is 0.483 e. The molecule has 11 heteroatoms. The number of carboxylic acids is 1. The number of carboxylic acid groups (broad SMARTS) is 1. The molecule has 1 heterocycles. The summed E-state index contributed by atoms with van der Waals surface area (Å²) in [6.07, 6.45) is 1.12. The highest BCUT2D eigenvalue weighted by Crippen LogP contribution is 2.24. The van der Waals surface area contributed by atoms with Gasteiger partial charge in [0.05, 0.1) is 12.6 Å². The summed E-state index contributed by atoms with van der Waals surface area (Å²) in [5, 5.41) is 21.4. The highest BCUT2D eigenvalue weighted by Gasteiger charge is 2.32. The molecule has 1 aliphatic heterocycles. The van der Waals surface area contributed by atoms with E-state index in [1.54, 1.807) is 30.3 Å². The first-order valence-corrected chi connectivity index (χ1v) is 10.7. The van der Waals surface area contributed by atoms with Gasteiger partial charge in [-0.2, -0.15) is 5.10 Å². The molecule has 3 rings (SSSR count). The number of amidine groups is 1. The van der Waals surface area contributed by atoms with Crippen molar-refractivity contribution in [2.75, 3.05) is 11.9 Å². The van der Waals surface area contributed by atoms with Crippen molar-refractivity contribution in [1.29, 1.82) is 0 Å². The Balaban J connectivity index is 1.62. The van der Waals surface area contributed by atoms with E-state index < -0.39 is 17.1 Å². The molecule has 1 atom stereocenters. The molecular formula is C20H17BrN4O5S. The summed E-state index contributed by atoms with van der Waals surface area (Å²) in [4.78, 5) is 34.6. The molecule has 0 spiro atoms. The fourth-order valence-electron chi connectivity index (χ4n) is 2.50. The third-order valence-electron chi connectivity index (χ3n) is 3.87. The SMILES string of the molecule is O=C(O)CC1SC(=NN=Cc2cc(Br)ccc2OCC(=O)Nc2ccccc2)NC1=O. The van der Waals surface area contributed by atoms with E-state index in [0.29, 0.717) is 17.0 Å². The van der Waals surface area contributed by atoms with Crippen LogP contribution in [0.15, 0.2) is 63.2 Å². The van der Waals surface area contributed by atoms with E-state index in [9.17, 15) is 14.4 Å². The molecule has 1 unspecified atom stereocenters. The fraction of sp³-hybridized carbons (Fsp3) is 0.150. The van der Waals surface area contributed by atoms with Crippen LogP contribution in [0.5, 0.6) is 5.75 Å². The standard InChI is InChI=1S/C20H17BrN4O5S/c21-13-6-7-15(30-11-17(26)23-14-4-2-1-3-5-14)12(8-13)10-22-25-20-24-19(29)16(31-20)9-18(27)28/h1-8,10,16H,9,11H2,(H,23,26)(H,27,28)(H,24,25,29). The van der Waals surface area contributed by atoms with E-state index in [-0.39, 0.29) is 24.1 Å². The Bertz CT molecular complexity index is 1050. The summed E-state index contributed by atoms with van der Waals surface area (Å²) >= 11 is 4.37. The van der Waals surface area contributed by atoms with Gasteiger partial charge in [0.25, 0.3) is 5.91 Å². The molecule has 3 N–H and O–H groups in total. The number of rotatable bonds is 8. The van der Waals surface area contributed by atoms with Gasteiger partial charge in [0.15, 0.2) is 11.8 Å². The average Bonchev–Trinajstić information content (AvgIpc) is 3.06. The summed E-state index contributed by atoms with van der Waals surface area (Å²) in [5.41, 5.74) is 1.23. The summed E-state index contributed by atoms with van der Waals surface area (Å²) in [6, 6.07) is 14.2. The molecule has 1 aliphatic rings. The first-order valence-electron chi connectivity index (χ1n) is 8.98. The molecule has 2 aromatic carbocycles. The number of halogens is 1. The second kappa shape index (κ2) is 10.7. The van der Waals surface area contributed by atoms with Crippen molar-refractivity contribution >= 4 is 62.5 Å². The molecule has 0 saturated carbocycles. The van der Waals surface area contributed by atoms with Crippen molar-refractivity contribution in [3.63, 3.8) is 0 Å². The van der Waals surface area contributed by atoms with Crippen LogP contribution in [-0.4, -0.2) is 46.1 Å². The number of para-hydroxylation sites is 1. The van der Waals surface area contributed by atoms with Crippen molar-refractivity contribution in [3.05, 3.63) is 58.6 Å². The smallest absolute Gasteiger partial charge is 0.305 e. The van der Waals surface area contributed by atoms with Crippen LogP contribution in [-0.2, 0) is 14.4 Å². The van der Waals surface area contributed by atoms with Gasteiger partial charge >= 0.3 is 5.97 Å². The minimum absolute atomic E-state index is 0.200. The number of hydrogen-bond donors (Lipinski definition) is 3. The molecule has 1 saturated heterocycles. The number of aliphatic carboxylic acids is 1. The summed E-state index contributed by atoms with van der Waals surface area (Å²) in [7, 11) is 0. The lowest BCUT2D eigenvalue weighted by molar-refractivity contribution is -0.138. The first-order chi connectivity index (χ1) is 14.9. The van der Waals surface area contributed by atoms with Gasteiger partial charge in [0, 0.05) is 15.7 Å². The predicted molar refractivity (Wildman–Crippen MR) is 122 cm³/mol. The number of benzene rings is 2. The molecule has 0 aliphatic carbocycles. The number of ether oxygens (including phenoxy) is 1. The molecule has 0 aromatic heterocycles. The second-order valence-corrected chi connectivity index (χ2v) is 8.34. The summed E-state index contributed by atoms with van der Waals surface area (Å²) < 4.78 is 6.38. The molecule has 0 bridgehead atoms. The second-order valence-electron chi connectivity index (χ2n) is 6.23. The fourth-order valence-corrected chi connectivity index (χ4v) is 3.80. The van der Waals surface area contributed by atoms with Crippen molar-refractivity contribution in [3.8, 4) is 5.75 Å². The Kier molecular flexibility index (Phi) is 7.79. The molecule has 2 amide bonds. The Morgan fingerprint density at radius 1 is 1.26 bits per heavy atom. The molecule has 9 nitrogen and oxygen atoms in total. The normalized spacial score (nSPS) is 17.0. The third kappa shape index (κ3) is 6.93. The summed E-state index contributed by atoms with van der Waals surface area (Å²) in [5.74, 6) is -1.38. The lowest BCUT2D eigenvalue weighted by atomic mass is 10.2. The van der Waals surface area contributed by atoms with Crippen molar-refractivity contribution in [1.82, 2.24) is 5.32 Å². The minimum atomic E-state index is -1.07. The zero-order chi connectivity index (χ0) is 22.2. The molecule has 31 heavy (non-hydrogen) atoms. The number of nitrogens with one attached hydrogen (secondary N) is 2. The topological polar surface area (TPSA) is 129 Å². The van der Waals surface area contributed by atoms with E-state index in [4.69, 9.17) is 9.84 Å². The van der Waals surface area contributed by atoms with Crippen LogP contribution in [0, 0.1) is 0 Å². The lowest BCUT2D eigenvalue weighted by Gasteiger charge is -2.10. The van der Waals surface area contributed by atoms with Gasteiger partial charge < -0.3 is 20.5 Å². The summed E-state index contributed by atoms with van der Waals surface area (Å²) in [6.45, 7) is -0.200. The Morgan fingerprint density at radius 2 is 2.03 bits per heavy atom. The highest BCUT2D eigenvalue weighted by atomic mass is 79.9. The number of thioether (sulfide) groups is 1. The zero-order valence-electron chi connectivity index (χ0n) is 15.9. The maximum atomic E-state index is 12.1. The first kappa shape index (κ1) is 22.5. The van der Waals surface area contributed by atoms with Gasteiger partial charge in [0.2, 0.25) is 5.91 Å². The van der Waals surface area contributed by atoms with Gasteiger partial charge in [0.1, 0.15) is 11.0 Å². The molecular weight excluding hydrogens is 488 g/mol. The molecule has 160 valence electrons. The lowest BCUT2D eigenvalue weighted by Crippen LogP contribution is -2.26. The van der Waals surface area contributed by atoms with Crippen LogP contribution >= 0.6 is 27.7 Å². The van der Waals surface area contributed by atoms with E-state index >= 15 is 0 Å². The minimum Gasteiger partial charge on any atom is -0.483 e. The van der Waals surface area contributed by atoms with E-state index in [2.05, 4.69) is 36.8 Å².